The highest BCUT2D eigenvalue weighted by Crippen LogP contribution is 2.28. The maximum absolute atomic E-state index is 13.0. The number of aromatic nitrogens is 4. The third kappa shape index (κ3) is 3.87. The van der Waals surface area contributed by atoms with Crippen molar-refractivity contribution in [1.82, 2.24) is 24.5 Å². The van der Waals surface area contributed by atoms with Gasteiger partial charge in [-0.1, -0.05) is 18.2 Å². The molecule has 0 saturated carbocycles. The summed E-state index contributed by atoms with van der Waals surface area (Å²) < 4.78 is 8.90. The largest absolute Gasteiger partial charge is 0.497 e. The molecule has 0 aliphatic heterocycles. The predicted molar refractivity (Wildman–Crippen MR) is 129 cm³/mol. The van der Waals surface area contributed by atoms with Gasteiger partial charge in [0.1, 0.15) is 5.75 Å². The van der Waals surface area contributed by atoms with Crippen molar-refractivity contribution in [3.05, 3.63) is 78.1 Å². The molecule has 0 saturated heterocycles. The second-order valence-corrected chi connectivity index (χ2v) is 7.82. The number of aryl methyl sites for hydroxylation is 1. The second kappa shape index (κ2) is 8.31. The monoisotopic (exact) mass is 440 g/mol. The van der Waals surface area contributed by atoms with Crippen LogP contribution < -0.4 is 15.4 Å². The topological polar surface area (TPSA) is 85.5 Å². The van der Waals surface area contributed by atoms with Crippen LogP contribution >= 0.6 is 0 Å². The summed E-state index contributed by atoms with van der Waals surface area (Å²) in [6.45, 7) is 0.441. The number of methoxy groups -OCH3 is 1. The molecule has 0 radical (unpaired) electrons. The first-order valence-corrected chi connectivity index (χ1v) is 10.6. The molecule has 3 heterocycles. The summed E-state index contributed by atoms with van der Waals surface area (Å²) in [6, 6.07) is 17.8. The van der Waals surface area contributed by atoms with E-state index in [4.69, 9.17) is 4.74 Å². The molecule has 5 rings (SSSR count). The lowest BCUT2D eigenvalue weighted by atomic mass is 10.0. The Hall–Kier alpha value is -4.33. The van der Waals surface area contributed by atoms with Crippen LogP contribution in [0.5, 0.6) is 5.75 Å². The number of rotatable bonds is 6. The maximum Gasteiger partial charge on any atom is 0.253 e. The molecule has 0 atom stereocenters. The number of pyridine rings is 1. The number of nitrogens with zero attached hydrogens (tertiary/aromatic N) is 4. The Labute approximate surface area is 190 Å². The fourth-order valence-electron chi connectivity index (χ4n) is 3.94. The van der Waals surface area contributed by atoms with E-state index < -0.39 is 0 Å². The van der Waals surface area contributed by atoms with E-state index in [1.807, 2.05) is 66.5 Å². The van der Waals surface area contributed by atoms with Crippen LogP contribution in [0, 0.1) is 0 Å². The van der Waals surface area contributed by atoms with Gasteiger partial charge in [0.15, 0.2) is 5.65 Å². The van der Waals surface area contributed by atoms with Crippen LogP contribution in [0.4, 0.5) is 5.95 Å². The molecule has 1 amide bonds. The SMILES string of the molecule is CNc1nc2cc(-c3ccc4c(c3)c(C(=O)NCc3ccc(OC)cc3)cn4C)ccn2n1. The quantitative estimate of drug-likeness (QED) is 0.419. The van der Waals surface area contributed by atoms with Gasteiger partial charge in [0, 0.05) is 43.9 Å². The number of hydrogen-bond donors (Lipinski definition) is 2. The molecule has 8 heteroatoms. The lowest BCUT2D eigenvalue weighted by molar-refractivity contribution is 0.0952. The smallest absolute Gasteiger partial charge is 0.253 e. The molecule has 0 aliphatic carbocycles. The van der Waals surface area contributed by atoms with Gasteiger partial charge < -0.3 is 19.9 Å². The zero-order valence-electron chi connectivity index (χ0n) is 18.7. The average Bonchev–Trinajstić information content (AvgIpc) is 3.42. The number of nitrogens with one attached hydrogen (secondary N) is 2. The summed E-state index contributed by atoms with van der Waals surface area (Å²) in [6.07, 6.45) is 3.76. The summed E-state index contributed by atoms with van der Waals surface area (Å²) in [5.41, 5.74) is 5.41. The van der Waals surface area contributed by atoms with Gasteiger partial charge in [-0.3, -0.25) is 4.79 Å². The Morgan fingerprint density at radius 1 is 1.06 bits per heavy atom. The molecule has 8 nitrogen and oxygen atoms in total. The van der Waals surface area contributed by atoms with Gasteiger partial charge >= 0.3 is 0 Å². The molecular formula is C25H24N6O2. The van der Waals surface area contributed by atoms with Crippen LogP contribution in [0.1, 0.15) is 15.9 Å². The molecule has 166 valence electrons. The lowest BCUT2D eigenvalue weighted by Gasteiger charge is -2.07. The molecule has 0 spiro atoms. The molecule has 0 bridgehead atoms. The maximum atomic E-state index is 13.0. The van der Waals surface area contributed by atoms with Gasteiger partial charge in [-0.25, -0.2) is 4.52 Å². The minimum Gasteiger partial charge on any atom is -0.497 e. The highest BCUT2D eigenvalue weighted by Gasteiger charge is 2.15. The fraction of sp³-hybridized carbons (Fsp3) is 0.160. The molecule has 2 N–H and O–H groups in total. The summed E-state index contributed by atoms with van der Waals surface area (Å²) in [5, 5.41) is 11.2. The minimum absolute atomic E-state index is 0.111. The van der Waals surface area contributed by atoms with Crippen molar-refractivity contribution in [3.8, 4) is 16.9 Å². The van der Waals surface area contributed by atoms with Crippen molar-refractivity contribution >= 4 is 28.4 Å². The summed E-state index contributed by atoms with van der Waals surface area (Å²) in [5.74, 6) is 1.25. The molecule has 5 aromatic rings. The van der Waals surface area contributed by atoms with Gasteiger partial charge in [0.2, 0.25) is 5.95 Å². The third-order valence-electron chi connectivity index (χ3n) is 5.74. The zero-order valence-corrected chi connectivity index (χ0v) is 18.7. The van der Waals surface area contributed by atoms with Gasteiger partial charge in [-0.2, -0.15) is 4.98 Å². The summed E-state index contributed by atoms with van der Waals surface area (Å²) in [7, 11) is 5.37. The van der Waals surface area contributed by atoms with Gasteiger partial charge in [0.05, 0.1) is 12.7 Å². The molecule has 33 heavy (non-hydrogen) atoms. The number of carbonyl (C=O) groups excluding carboxylic acids is 1. The molecule has 3 aromatic heterocycles. The molecule has 0 aliphatic rings. The van der Waals surface area contributed by atoms with Crippen LogP contribution in [-0.4, -0.2) is 39.2 Å². The van der Waals surface area contributed by atoms with Crippen molar-refractivity contribution < 1.29 is 9.53 Å². The van der Waals surface area contributed by atoms with Crippen LogP contribution in [0.25, 0.3) is 27.7 Å². The van der Waals surface area contributed by atoms with E-state index in [-0.39, 0.29) is 5.91 Å². The zero-order chi connectivity index (χ0) is 22.9. The second-order valence-electron chi connectivity index (χ2n) is 7.82. The van der Waals surface area contributed by atoms with Gasteiger partial charge in [-0.05, 0) is 53.1 Å². The number of amides is 1. The van der Waals surface area contributed by atoms with E-state index in [0.29, 0.717) is 18.1 Å². The number of benzene rings is 2. The van der Waals surface area contributed by atoms with Crippen LogP contribution in [0.2, 0.25) is 0 Å². The average molecular weight is 441 g/mol. The van der Waals surface area contributed by atoms with Crippen LogP contribution in [0.3, 0.4) is 0 Å². The number of ether oxygens (including phenoxy) is 1. The van der Waals surface area contributed by atoms with Crippen LogP contribution in [0.15, 0.2) is 67.0 Å². The van der Waals surface area contributed by atoms with E-state index >= 15 is 0 Å². The molecule has 0 unspecified atom stereocenters. The highest BCUT2D eigenvalue weighted by molar-refractivity contribution is 6.08. The van der Waals surface area contributed by atoms with E-state index in [0.717, 1.165) is 39.0 Å². The number of anilines is 1. The molecule has 0 fully saturated rings. The normalized spacial score (nSPS) is 11.1. The number of hydrogen-bond acceptors (Lipinski definition) is 5. The summed E-state index contributed by atoms with van der Waals surface area (Å²) >= 11 is 0. The minimum atomic E-state index is -0.111. The number of fused-ring (bicyclic) bond motifs is 2. The molecular weight excluding hydrogens is 416 g/mol. The van der Waals surface area contributed by atoms with E-state index in [1.165, 1.54) is 0 Å². The first-order chi connectivity index (χ1) is 16.1. The third-order valence-corrected chi connectivity index (χ3v) is 5.74. The molecule has 2 aromatic carbocycles. The van der Waals surface area contributed by atoms with Gasteiger partial charge in [0.25, 0.3) is 5.91 Å². The number of carbonyl (C=O) groups is 1. The fourth-order valence-corrected chi connectivity index (χ4v) is 3.94. The summed E-state index contributed by atoms with van der Waals surface area (Å²) in [4.78, 5) is 17.5. The highest BCUT2D eigenvalue weighted by atomic mass is 16.5. The Morgan fingerprint density at radius 3 is 2.61 bits per heavy atom. The van der Waals surface area contributed by atoms with E-state index in [2.05, 4.69) is 32.8 Å². The van der Waals surface area contributed by atoms with Gasteiger partial charge in [-0.15, -0.1) is 5.10 Å². The van der Waals surface area contributed by atoms with Crippen molar-refractivity contribution in [2.24, 2.45) is 7.05 Å². The van der Waals surface area contributed by atoms with Crippen molar-refractivity contribution in [1.29, 1.82) is 0 Å². The van der Waals surface area contributed by atoms with E-state index in [1.54, 1.807) is 18.7 Å². The standard InChI is InChI=1S/C25H24N6O2/c1-26-25-28-23-13-18(10-11-31(23)29-25)17-6-9-22-20(12-17)21(15-30(22)2)24(32)27-14-16-4-7-19(33-3)8-5-16/h4-13,15H,14H2,1-3H3,(H,26,29)(H,27,32). The first-order valence-electron chi connectivity index (χ1n) is 10.6. The lowest BCUT2D eigenvalue weighted by Crippen LogP contribution is -2.22. The van der Waals surface area contributed by atoms with E-state index in [9.17, 15) is 4.79 Å². The Balaban J connectivity index is 1.44. The predicted octanol–water partition coefficient (Wildman–Crippen LogP) is 3.87. The van der Waals surface area contributed by atoms with Crippen molar-refractivity contribution in [2.75, 3.05) is 19.5 Å². The van der Waals surface area contributed by atoms with Crippen LogP contribution in [-0.2, 0) is 13.6 Å². The Bertz CT molecular complexity index is 1470. The first kappa shape index (κ1) is 20.6. The Morgan fingerprint density at radius 2 is 1.85 bits per heavy atom. The van der Waals surface area contributed by atoms with Crippen molar-refractivity contribution in [3.63, 3.8) is 0 Å². The Kier molecular flexibility index (Phi) is 5.18. The van der Waals surface area contributed by atoms with Crippen molar-refractivity contribution in [2.45, 2.75) is 6.54 Å².